The van der Waals surface area contributed by atoms with E-state index in [-0.39, 0.29) is 10.6 Å². The molecule has 0 saturated heterocycles. The van der Waals surface area contributed by atoms with Gasteiger partial charge in [0.15, 0.2) is 6.61 Å². The van der Waals surface area contributed by atoms with Crippen molar-refractivity contribution >= 4 is 46.7 Å². The van der Waals surface area contributed by atoms with Crippen molar-refractivity contribution < 1.29 is 23.9 Å². The van der Waals surface area contributed by atoms with E-state index in [2.05, 4.69) is 10.6 Å². The Morgan fingerprint density at radius 3 is 2.54 bits per heavy atom. The van der Waals surface area contributed by atoms with Gasteiger partial charge in [0, 0.05) is 5.02 Å². The van der Waals surface area contributed by atoms with Gasteiger partial charge in [0.1, 0.15) is 12.3 Å². The zero-order valence-corrected chi connectivity index (χ0v) is 16.5. The van der Waals surface area contributed by atoms with Crippen molar-refractivity contribution in [1.82, 2.24) is 5.32 Å². The van der Waals surface area contributed by atoms with E-state index in [0.29, 0.717) is 23.1 Å². The molecule has 0 aliphatic carbocycles. The zero-order chi connectivity index (χ0) is 20.5. The number of carbonyl (C=O) groups is 3. The average molecular weight is 425 g/mol. The van der Waals surface area contributed by atoms with Gasteiger partial charge in [0.25, 0.3) is 11.8 Å². The molecule has 0 spiro atoms. The van der Waals surface area contributed by atoms with E-state index in [4.69, 9.17) is 32.7 Å². The number of amides is 2. The van der Waals surface area contributed by atoms with Gasteiger partial charge in [0.05, 0.1) is 22.9 Å². The Morgan fingerprint density at radius 2 is 1.82 bits per heavy atom. The number of rotatable bonds is 8. The van der Waals surface area contributed by atoms with E-state index in [1.807, 2.05) is 6.92 Å². The molecule has 2 N–H and O–H groups in total. The maximum absolute atomic E-state index is 12.0. The summed E-state index contributed by atoms with van der Waals surface area (Å²) in [6.45, 7) is 1.35. The van der Waals surface area contributed by atoms with Gasteiger partial charge in [-0.3, -0.25) is 14.4 Å². The first-order chi connectivity index (χ1) is 13.4. The molecule has 0 bridgehead atoms. The maximum atomic E-state index is 12.0. The zero-order valence-electron chi connectivity index (χ0n) is 15.0. The number of esters is 1. The van der Waals surface area contributed by atoms with Gasteiger partial charge in [-0.15, -0.1) is 0 Å². The van der Waals surface area contributed by atoms with E-state index in [9.17, 15) is 14.4 Å². The molecule has 0 fully saturated rings. The molecule has 0 heterocycles. The predicted molar refractivity (Wildman–Crippen MR) is 106 cm³/mol. The summed E-state index contributed by atoms with van der Waals surface area (Å²) in [5, 5.41) is 5.51. The van der Waals surface area contributed by atoms with Crippen LogP contribution in [0.4, 0.5) is 5.69 Å². The van der Waals surface area contributed by atoms with Gasteiger partial charge in [-0.05, 0) is 37.3 Å². The number of benzene rings is 2. The number of anilines is 1. The quantitative estimate of drug-likeness (QED) is 0.633. The van der Waals surface area contributed by atoms with Crippen molar-refractivity contribution in [3.8, 4) is 5.75 Å². The van der Waals surface area contributed by atoms with Crippen molar-refractivity contribution in [2.75, 3.05) is 25.1 Å². The lowest BCUT2D eigenvalue weighted by atomic mass is 10.2. The predicted octanol–water partition coefficient (Wildman–Crippen LogP) is 3.30. The fraction of sp³-hybridized carbons (Fsp3) is 0.211. The first-order valence-electron chi connectivity index (χ1n) is 8.31. The molecule has 2 rings (SSSR count). The molecule has 9 heteroatoms. The molecule has 0 radical (unpaired) electrons. The molecule has 148 valence electrons. The molecule has 2 amide bonds. The Bertz CT molecular complexity index is 873. The molecule has 2 aromatic rings. The van der Waals surface area contributed by atoms with Crippen LogP contribution in [0.3, 0.4) is 0 Å². The molecule has 0 aliphatic rings. The molecule has 7 nitrogen and oxygen atoms in total. The van der Waals surface area contributed by atoms with Crippen molar-refractivity contribution in [3.05, 3.63) is 58.1 Å². The SMILES string of the molecule is CCOc1ccccc1NC(=O)COC(=O)CNC(=O)c1ccc(Cl)cc1Cl. The third-order valence-electron chi connectivity index (χ3n) is 3.39. The maximum Gasteiger partial charge on any atom is 0.325 e. The van der Waals surface area contributed by atoms with Gasteiger partial charge in [-0.2, -0.15) is 0 Å². The molecule has 28 heavy (non-hydrogen) atoms. The van der Waals surface area contributed by atoms with Crippen LogP contribution in [0.1, 0.15) is 17.3 Å². The molecule has 0 unspecified atom stereocenters. The third-order valence-corrected chi connectivity index (χ3v) is 3.94. The monoisotopic (exact) mass is 424 g/mol. The third kappa shape index (κ3) is 6.44. The van der Waals surface area contributed by atoms with E-state index >= 15 is 0 Å². The lowest BCUT2D eigenvalue weighted by molar-refractivity contribution is -0.146. The fourth-order valence-electron chi connectivity index (χ4n) is 2.16. The Morgan fingerprint density at radius 1 is 1.07 bits per heavy atom. The molecule has 2 aromatic carbocycles. The first kappa shape index (κ1) is 21.5. The largest absolute Gasteiger partial charge is 0.492 e. The van der Waals surface area contributed by atoms with Crippen LogP contribution in [-0.2, 0) is 14.3 Å². The molecule has 0 aromatic heterocycles. The van der Waals surface area contributed by atoms with E-state index < -0.39 is 30.9 Å². The Hall–Kier alpha value is -2.77. The minimum Gasteiger partial charge on any atom is -0.492 e. The number of carbonyl (C=O) groups excluding carboxylic acids is 3. The number of para-hydroxylation sites is 2. The van der Waals surface area contributed by atoms with Gasteiger partial charge >= 0.3 is 5.97 Å². The summed E-state index contributed by atoms with van der Waals surface area (Å²) in [4.78, 5) is 35.7. The normalized spacial score (nSPS) is 10.1. The molecule has 0 saturated carbocycles. The standard InChI is InChI=1S/C19H18Cl2N2O5/c1-2-27-16-6-4-3-5-15(16)23-17(24)11-28-18(25)10-22-19(26)13-8-7-12(20)9-14(13)21/h3-9H,2,10-11H2,1H3,(H,22,26)(H,23,24). The van der Waals surface area contributed by atoms with Crippen LogP contribution in [0, 0.1) is 0 Å². The van der Waals surface area contributed by atoms with Crippen LogP contribution in [0.5, 0.6) is 5.75 Å². The van der Waals surface area contributed by atoms with Crippen molar-refractivity contribution in [2.45, 2.75) is 6.92 Å². The van der Waals surface area contributed by atoms with Crippen LogP contribution >= 0.6 is 23.2 Å². The fourth-order valence-corrected chi connectivity index (χ4v) is 2.65. The van der Waals surface area contributed by atoms with Crippen molar-refractivity contribution in [2.24, 2.45) is 0 Å². The van der Waals surface area contributed by atoms with Crippen molar-refractivity contribution in [3.63, 3.8) is 0 Å². The smallest absolute Gasteiger partial charge is 0.325 e. The van der Waals surface area contributed by atoms with E-state index in [1.54, 1.807) is 24.3 Å². The molecular formula is C19H18Cl2N2O5. The first-order valence-corrected chi connectivity index (χ1v) is 9.07. The van der Waals surface area contributed by atoms with Crippen LogP contribution < -0.4 is 15.4 Å². The summed E-state index contributed by atoms with van der Waals surface area (Å²) in [6.07, 6.45) is 0. The summed E-state index contributed by atoms with van der Waals surface area (Å²) in [7, 11) is 0. The van der Waals surface area contributed by atoms with Gasteiger partial charge in [-0.25, -0.2) is 0 Å². The Balaban J connectivity index is 1.79. The summed E-state index contributed by atoms with van der Waals surface area (Å²) in [5.41, 5.74) is 0.639. The number of halogens is 2. The van der Waals surface area contributed by atoms with Gasteiger partial charge in [-0.1, -0.05) is 35.3 Å². The molecular weight excluding hydrogens is 407 g/mol. The summed E-state index contributed by atoms with van der Waals surface area (Å²) in [6, 6.07) is 11.3. The summed E-state index contributed by atoms with van der Waals surface area (Å²) < 4.78 is 10.2. The van der Waals surface area contributed by atoms with Crippen LogP contribution in [0.15, 0.2) is 42.5 Å². The summed E-state index contributed by atoms with van der Waals surface area (Å²) in [5.74, 6) is -1.36. The van der Waals surface area contributed by atoms with Crippen molar-refractivity contribution in [1.29, 1.82) is 0 Å². The average Bonchev–Trinajstić information content (AvgIpc) is 2.66. The highest BCUT2D eigenvalue weighted by Crippen LogP contribution is 2.23. The van der Waals surface area contributed by atoms with E-state index in [1.165, 1.54) is 18.2 Å². The van der Waals surface area contributed by atoms with Gasteiger partial charge in [0.2, 0.25) is 0 Å². The number of nitrogens with one attached hydrogen (secondary N) is 2. The number of ether oxygens (including phenoxy) is 2. The molecule has 0 atom stereocenters. The second kappa shape index (κ2) is 10.5. The van der Waals surface area contributed by atoms with E-state index in [0.717, 1.165) is 0 Å². The van der Waals surface area contributed by atoms with Crippen LogP contribution in [0.25, 0.3) is 0 Å². The second-order valence-corrected chi connectivity index (χ2v) is 6.29. The minimum atomic E-state index is -0.772. The van der Waals surface area contributed by atoms with Crippen LogP contribution in [0.2, 0.25) is 10.0 Å². The summed E-state index contributed by atoms with van der Waals surface area (Å²) >= 11 is 11.7. The molecule has 0 aliphatic heterocycles. The van der Waals surface area contributed by atoms with Gasteiger partial charge < -0.3 is 20.1 Å². The minimum absolute atomic E-state index is 0.158. The number of hydrogen-bond acceptors (Lipinski definition) is 5. The highest BCUT2D eigenvalue weighted by Gasteiger charge is 2.14. The second-order valence-electron chi connectivity index (χ2n) is 5.44. The lowest BCUT2D eigenvalue weighted by Gasteiger charge is -2.11. The Labute approximate surface area is 171 Å². The highest BCUT2D eigenvalue weighted by molar-refractivity contribution is 6.36. The Kier molecular flexibility index (Phi) is 8.10. The van der Waals surface area contributed by atoms with Crippen LogP contribution in [-0.4, -0.2) is 37.5 Å². The lowest BCUT2D eigenvalue weighted by Crippen LogP contribution is -2.32. The highest BCUT2D eigenvalue weighted by atomic mass is 35.5. The number of hydrogen-bond donors (Lipinski definition) is 2. The topological polar surface area (TPSA) is 93.7 Å².